The first kappa shape index (κ1) is 16.4. The van der Waals surface area contributed by atoms with Crippen LogP contribution in [0.15, 0.2) is 30.5 Å². The molecule has 130 valence electrons. The molecule has 0 aliphatic heterocycles. The van der Waals surface area contributed by atoms with Gasteiger partial charge in [-0.15, -0.1) is 0 Å². The number of carbonyl (C=O) groups excluding carboxylic acids is 1. The van der Waals surface area contributed by atoms with E-state index >= 15 is 0 Å². The number of benzene rings is 1. The molecule has 1 aromatic carbocycles. The fourth-order valence-corrected chi connectivity index (χ4v) is 3.39. The standard InChI is InChI=1S/C18H18ClN3O2S/c1-18(3-4-18)17(23)20-9-12-6-11-7-14(19)16(8-15(11)22-12)24-10-13-2-5-21-25-13/h2,5-8,22H,3-4,9-10H2,1H3,(H,20,23). The summed E-state index contributed by atoms with van der Waals surface area (Å²) in [6, 6.07) is 7.70. The minimum atomic E-state index is -0.160. The monoisotopic (exact) mass is 375 g/mol. The lowest BCUT2D eigenvalue weighted by Gasteiger charge is -2.08. The fourth-order valence-electron chi connectivity index (χ4n) is 2.67. The van der Waals surface area contributed by atoms with Crippen molar-refractivity contribution in [1.29, 1.82) is 0 Å². The first-order valence-corrected chi connectivity index (χ1v) is 9.30. The van der Waals surface area contributed by atoms with Crippen LogP contribution in [0.2, 0.25) is 5.02 Å². The van der Waals surface area contributed by atoms with Gasteiger partial charge in [0.25, 0.3) is 0 Å². The summed E-state index contributed by atoms with van der Waals surface area (Å²) in [4.78, 5) is 16.4. The minimum absolute atomic E-state index is 0.123. The van der Waals surface area contributed by atoms with E-state index in [0.29, 0.717) is 23.9 Å². The van der Waals surface area contributed by atoms with Gasteiger partial charge in [-0.25, -0.2) is 4.37 Å². The Balaban J connectivity index is 1.47. The van der Waals surface area contributed by atoms with Crippen LogP contribution in [-0.2, 0) is 17.9 Å². The van der Waals surface area contributed by atoms with Crippen molar-refractivity contribution in [2.24, 2.45) is 5.41 Å². The van der Waals surface area contributed by atoms with Gasteiger partial charge in [-0.05, 0) is 42.6 Å². The van der Waals surface area contributed by atoms with E-state index in [2.05, 4.69) is 14.7 Å². The van der Waals surface area contributed by atoms with Crippen molar-refractivity contribution in [2.45, 2.75) is 32.9 Å². The van der Waals surface area contributed by atoms with E-state index in [9.17, 15) is 4.79 Å². The smallest absolute Gasteiger partial charge is 0.226 e. The lowest BCUT2D eigenvalue weighted by atomic mass is 10.1. The zero-order valence-corrected chi connectivity index (χ0v) is 15.3. The number of aromatic nitrogens is 2. The molecule has 0 atom stereocenters. The van der Waals surface area contributed by atoms with Crippen molar-refractivity contribution >= 4 is 39.9 Å². The Hall–Kier alpha value is -2.05. The van der Waals surface area contributed by atoms with E-state index in [1.807, 2.05) is 31.2 Å². The van der Waals surface area contributed by atoms with E-state index in [1.54, 1.807) is 6.20 Å². The number of halogens is 1. The molecule has 1 fully saturated rings. The normalized spacial score (nSPS) is 15.3. The molecule has 2 N–H and O–H groups in total. The highest BCUT2D eigenvalue weighted by Crippen LogP contribution is 2.45. The van der Waals surface area contributed by atoms with E-state index < -0.39 is 0 Å². The highest BCUT2D eigenvalue weighted by Gasteiger charge is 2.44. The Morgan fingerprint density at radius 2 is 2.28 bits per heavy atom. The maximum atomic E-state index is 12.1. The van der Waals surface area contributed by atoms with Crippen molar-refractivity contribution in [3.05, 3.63) is 46.1 Å². The molecule has 7 heteroatoms. The lowest BCUT2D eigenvalue weighted by molar-refractivity contribution is -0.125. The number of nitrogens with zero attached hydrogens (tertiary/aromatic N) is 1. The van der Waals surface area contributed by atoms with Crippen molar-refractivity contribution in [3.63, 3.8) is 0 Å². The van der Waals surface area contributed by atoms with Crippen LogP contribution in [0.3, 0.4) is 0 Å². The third kappa shape index (κ3) is 3.50. The van der Waals surface area contributed by atoms with Crippen molar-refractivity contribution in [1.82, 2.24) is 14.7 Å². The van der Waals surface area contributed by atoms with Gasteiger partial charge in [-0.2, -0.15) is 0 Å². The molecule has 2 aromatic heterocycles. The quantitative estimate of drug-likeness (QED) is 0.676. The molecule has 1 aliphatic carbocycles. The second-order valence-electron chi connectivity index (χ2n) is 6.68. The van der Waals surface area contributed by atoms with Gasteiger partial charge in [0.05, 0.1) is 16.4 Å². The summed E-state index contributed by atoms with van der Waals surface area (Å²) in [5.41, 5.74) is 1.72. The van der Waals surface area contributed by atoms with Gasteiger partial charge in [0.15, 0.2) is 0 Å². The second kappa shape index (κ2) is 6.35. The number of fused-ring (bicyclic) bond motifs is 1. The first-order chi connectivity index (χ1) is 12.0. The van der Waals surface area contributed by atoms with E-state index in [1.165, 1.54) is 11.5 Å². The summed E-state index contributed by atoms with van der Waals surface area (Å²) >= 11 is 7.73. The van der Waals surface area contributed by atoms with Gasteiger partial charge in [0, 0.05) is 34.3 Å². The first-order valence-electron chi connectivity index (χ1n) is 8.15. The summed E-state index contributed by atoms with van der Waals surface area (Å²) in [7, 11) is 0. The van der Waals surface area contributed by atoms with Crippen LogP contribution in [0.4, 0.5) is 0 Å². The second-order valence-corrected chi connectivity index (χ2v) is 8.00. The van der Waals surface area contributed by atoms with Gasteiger partial charge in [-0.1, -0.05) is 18.5 Å². The summed E-state index contributed by atoms with van der Waals surface area (Å²) in [5.74, 6) is 0.753. The van der Waals surface area contributed by atoms with Crippen LogP contribution >= 0.6 is 23.1 Å². The number of ether oxygens (including phenoxy) is 1. The molecule has 5 nitrogen and oxygen atoms in total. The van der Waals surface area contributed by atoms with Gasteiger partial charge >= 0.3 is 0 Å². The van der Waals surface area contributed by atoms with Crippen molar-refractivity contribution in [2.75, 3.05) is 0 Å². The predicted molar refractivity (Wildman–Crippen MR) is 98.9 cm³/mol. The fraction of sp³-hybridized carbons (Fsp3) is 0.333. The van der Waals surface area contributed by atoms with Gasteiger partial charge in [0.1, 0.15) is 12.4 Å². The van der Waals surface area contributed by atoms with Gasteiger partial charge in [-0.3, -0.25) is 4.79 Å². The maximum Gasteiger partial charge on any atom is 0.226 e. The molecular weight excluding hydrogens is 358 g/mol. The Morgan fingerprint density at radius 1 is 1.44 bits per heavy atom. The highest BCUT2D eigenvalue weighted by molar-refractivity contribution is 7.05. The van der Waals surface area contributed by atoms with Crippen LogP contribution in [0.5, 0.6) is 5.75 Å². The molecule has 3 aromatic rings. The average molecular weight is 376 g/mol. The minimum Gasteiger partial charge on any atom is -0.486 e. The molecule has 1 saturated carbocycles. The SMILES string of the molecule is CC1(C(=O)NCc2cc3cc(Cl)c(OCc4ccns4)cc3[nH]2)CC1. The predicted octanol–water partition coefficient (Wildman–Crippen LogP) is 4.27. The summed E-state index contributed by atoms with van der Waals surface area (Å²) in [6.45, 7) is 2.93. The molecule has 25 heavy (non-hydrogen) atoms. The summed E-state index contributed by atoms with van der Waals surface area (Å²) < 4.78 is 9.85. The third-order valence-corrected chi connectivity index (χ3v) is 5.59. The number of carbonyl (C=O) groups is 1. The third-order valence-electron chi connectivity index (χ3n) is 4.58. The van der Waals surface area contributed by atoms with Crippen molar-refractivity contribution in [3.8, 4) is 5.75 Å². The average Bonchev–Trinajstić information content (AvgIpc) is 3.01. The number of hydrogen-bond donors (Lipinski definition) is 2. The van der Waals surface area contributed by atoms with Crippen LogP contribution in [0.1, 0.15) is 30.3 Å². The molecule has 4 rings (SSSR count). The molecule has 1 aliphatic rings. The lowest BCUT2D eigenvalue weighted by Crippen LogP contribution is -2.29. The molecule has 0 spiro atoms. The molecule has 0 saturated heterocycles. The number of nitrogens with one attached hydrogen (secondary N) is 2. The summed E-state index contributed by atoms with van der Waals surface area (Å²) in [6.07, 6.45) is 3.70. The van der Waals surface area contributed by atoms with E-state index in [-0.39, 0.29) is 11.3 Å². The Labute approximate surface area is 154 Å². The number of hydrogen-bond acceptors (Lipinski definition) is 4. The topological polar surface area (TPSA) is 67.0 Å². The Morgan fingerprint density at radius 3 is 3.00 bits per heavy atom. The number of rotatable bonds is 6. The van der Waals surface area contributed by atoms with Crippen LogP contribution in [0.25, 0.3) is 10.9 Å². The zero-order valence-electron chi connectivity index (χ0n) is 13.8. The summed E-state index contributed by atoms with van der Waals surface area (Å²) in [5, 5.41) is 4.56. The van der Waals surface area contributed by atoms with Crippen LogP contribution in [-0.4, -0.2) is 15.3 Å². The van der Waals surface area contributed by atoms with Gasteiger partial charge in [0.2, 0.25) is 5.91 Å². The molecule has 0 radical (unpaired) electrons. The number of H-pyrrole nitrogens is 1. The Bertz CT molecular complexity index is 916. The van der Waals surface area contributed by atoms with Crippen LogP contribution < -0.4 is 10.1 Å². The molecule has 0 unspecified atom stereocenters. The highest BCUT2D eigenvalue weighted by atomic mass is 35.5. The molecule has 1 amide bonds. The molecule has 2 heterocycles. The Kier molecular flexibility index (Phi) is 4.17. The molecule has 0 bridgehead atoms. The van der Waals surface area contributed by atoms with Gasteiger partial charge < -0.3 is 15.0 Å². The van der Waals surface area contributed by atoms with Crippen molar-refractivity contribution < 1.29 is 9.53 Å². The maximum absolute atomic E-state index is 12.1. The number of amides is 1. The van der Waals surface area contributed by atoms with Crippen LogP contribution in [0, 0.1) is 5.41 Å². The largest absolute Gasteiger partial charge is 0.486 e. The van der Waals surface area contributed by atoms with E-state index in [0.717, 1.165) is 34.3 Å². The molecular formula is C18H18ClN3O2S. The van der Waals surface area contributed by atoms with E-state index in [4.69, 9.17) is 16.3 Å². The zero-order chi connectivity index (χ0) is 17.4. The number of aromatic amines is 1.